The van der Waals surface area contributed by atoms with Crippen LogP contribution in [0.25, 0.3) is 0 Å². The number of carboxylic acid groups (broad SMARTS) is 2. The number of ketones is 1. The quantitative estimate of drug-likeness (QED) is 0.398. The molecule has 0 radical (unpaired) electrons. The van der Waals surface area contributed by atoms with E-state index in [9.17, 15) is 14.4 Å². The summed E-state index contributed by atoms with van der Waals surface area (Å²) in [6.45, 7) is 0. The van der Waals surface area contributed by atoms with Gasteiger partial charge in [0.1, 0.15) is 6.04 Å². The Labute approximate surface area is 79.7 Å². The first-order valence-corrected chi connectivity index (χ1v) is 3.83. The lowest BCUT2D eigenvalue weighted by Crippen LogP contribution is -2.40. The normalized spacial score (nSPS) is 14.4. The summed E-state index contributed by atoms with van der Waals surface area (Å²) in [7, 11) is 0. The molecule has 0 aliphatic rings. The minimum atomic E-state index is -1.33. The summed E-state index contributed by atoms with van der Waals surface area (Å²) in [6.07, 6.45) is -0.977. The molecule has 0 bridgehead atoms. The van der Waals surface area contributed by atoms with Crippen LogP contribution in [0, 0.1) is 0 Å². The molecule has 0 aromatic carbocycles. The molecule has 80 valence electrons. The van der Waals surface area contributed by atoms with E-state index in [4.69, 9.17) is 21.7 Å². The summed E-state index contributed by atoms with van der Waals surface area (Å²) in [5.41, 5.74) is 10.3. The van der Waals surface area contributed by atoms with E-state index in [-0.39, 0.29) is 0 Å². The molecule has 1 unspecified atom stereocenters. The molecule has 0 aliphatic heterocycles. The largest absolute Gasteiger partial charge is 0.481 e. The zero-order valence-electron chi connectivity index (χ0n) is 7.34. The van der Waals surface area contributed by atoms with E-state index in [0.29, 0.717) is 0 Å². The van der Waals surface area contributed by atoms with Crippen LogP contribution >= 0.6 is 0 Å². The molecule has 6 N–H and O–H groups in total. The highest BCUT2D eigenvalue weighted by Crippen LogP contribution is 1.98. The van der Waals surface area contributed by atoms with E-state index in [2.05, 4.69) is 0 Å². The molecule has 7 heteroatoms. The van der Waals surface area contributed by atoms with E-state index < -0.39 is 42.6 Å². The average Bonchev–Trinajstić information content (AvgIpc) is 2.02. The first kappa shape index (κ1) is 12.5. The third kappa shape index (κ3) is 4.53. The zero-order chi connectivity index (χ0) is 11.3. The molecule has 0 amide bonds. The van der Waals surface area contributed by atoms with Crippen molar-refractivity contribution < 1.29 is 24.6 Å². The third-order valence-electron chi connectivity index (χ3n) is 1.55. The van der Waals surface area contributed by atoms with E-state index >= 15 is 0 Å². The number of hydrogen-bond donors (Lipinski definition) is 4. The van der Waals surface area contributed by atoms with Crippen LogP contribution in [0.3, 0.4) is 0 Å². The molecule has 14 heavy (non-hydrogen) atoms. The van der Waals surface area contributed by atoms with Crippen molar-refractivity contribution in [1.29, 1.82) is 0 Å². The molecule has 0 saturated carbocycles. The predicted octanol–water partition coefficient (Wildman–Crippen LogP) is -1.84. The molecule has 2 atom stereocenters. The van der Waals surface area contributed by atoms with E-state index in [1.54, 1.807) is 0 Å². The van der Waals surface area contributed by atoms with E-state index in [1.807, 2.05) is 0 Å². The summed E-state index contributed by atoms with van der Waals surface area (Å²) in [4.78, 5) is 31.5. The highest BCUT2D eigenvalue weighted by Gasteiger charge is 2.22. The summed E-state index contributed by atoms with van der Waals surface area (Å²) in [5.74, 6) is -3.20. The minimum absolute atomic E-state index is 0.455. The van der Waals surface area contributed by atoms with Gasteiger partial charge in [-0.1, -0.05) is 0 Å². The number of aliphatic carboxylic acids is 2. The number of nitrogens with two attached hydrogens (primary N) is 2. The van der Waals surface area contributed by atoms with Gasteiger partial charge >= 0.3 is 11.9 Å². The van der Waals surface area contributed by atoms with Gasteiger partial charge in [0.05, 0.1) is 12.5 Å². The molecule has 0 aliphatic carbocycles. The molecular weight excluding hydrogens is 192 g/mol. The van der Waals surface area contributed by atoms with Gasteiger partial charge in [0, 0.05) is 6.42 Å². The molecule has 0 aromatic rings. The van der Waals surface area contributed by atoms with Crippen molar-refractivity contribution >= 4 is 17.7 Å². The van der Waals surface area contributed by atoms with Crippen LogP contribution in [-0.4, -0.2) is 40.0 Å². The van der Waals surface area contributed by atoms with Crippen LogP contribution in [-0.2, 0) is 14.4 Å². The second-order valence-electron chi connectivity index (χ2n) is 2.82. The van der Waals surface area contributed by atoms with Crippen LogP contribution < -0.4 is 11.5 Å². The van der Waals surface area contributed by atoms with Gasteiger partial charge in [-0.25, -0.2) is 0 Å². The highest BCUT2D eigenvalue weighted by molar-refractivity contribution is 5.91. The summed E-state index contributed by atoms with van der Waals surface area (Å²) in [6, 6.07) is -2.53. The Hall–Kier alpha value is -1.47. The lowest BCUT2D eigenvalue weighted by molar-refractivity contribution is -0.141. The van der Waals surface area contributed by atoms with Gasteiger partial charge in [-0.15, -0.1) is 0 Å². The maximum Gasteiger partial charge on any atom is 0.320 e. The van der Waals surface area contributed by atoms with Crippen LogP contribution in [0.5, 0.6) is 0 Å². The van der Waals surface area contributed by atoms with Gasteiger partial charge in [0.15, 0.2) is 5.78 Å². The van der Waals surface area contributed by atoms with Crippen molar-refractivity contribution in [3.05, 3.63) is 0 Å². The Kier molecular flexibility index (Phi) is 4.74. The van der Waals surface area contributed by atoms with Crippen molar-refractivity contribution in [2.24, 2.45) is 11.5 Å². The van der Waals surface area contributed by atoms with Crippen molar-refractivity contribution in [3.63, 3.8) is 0 Å². The molecule has 0 spiro atoms. The Morgan fingerprint density at radius 1 is 1.00 bits per heavy atom. The number of hydrogen-bond acceptors (Lipinski definition) is 5. The van der Waals surface area contributed by atoms with Crippen molar-refractivity contribution in [2.75, 3.05) is 0 Å². The van der Waals surface area contributed by atoms with Gasteiger partial charge in [0.2, 0.25) is 0 Å². The van der Waals surface area contributed by atoms with Gasteiger partial charge in [-0.3, -0.25) is 14.4 Å². The fourth-order valence-electron chi connectivity index (χ4n) is 0.757. The Balaban J connectivity index is 4.07. The summed E-state index contributed by atoms with van der Waals surface area (Å²) in [5, 5.41) is 16.7. The topological polar surface area (TPSA) is 144 Å². The smallest absolute Gasteiger partial charge is 0.320 e. The van der Waals surface area contributed by atoms with Crippen molar-refractivity contribution in [3.8, 4) is 0 Å². The standard InChI is InChI=1S/C7H12N2O5/c8-3(2-6(11)12)5(10)1-4(9)7(13)14/h3-4H,1-2,8-9H2,(H,11,12)(H,13,14)/t3?,4-/m1/s1. The maximum absolute atomic E-state index is 11.1. The van der Waals surface area contributed by atoms with Crippen LogP contribution in [0.15, 0.2) is 0 Å². The first-order valence-electron chi connectivity index (χ1n) is 3.83. The molecule has 7 nitrogen and oxygen atoms in total. The van der Waals surface area contributed by atoms with Gasteiger partial charge in [-0.2, -0.15) is 0 Å². The molecule has 0 heterocycles. The Morgan fingerprint density at radius 3 is 1.86 bits per heavy atom. The number of Topliss-reactive ketones (excluding diaryl/α,β-unsaturated/α-hetero) is 1. The van der Waals surface area contributed by atoms with Crippen molar-refractivity contribution in [1.82, 2.24) is 0 Å². The number of rotatable bonds is 6. The second-order valence-corrected chi connectivity index (χ2v) is 2.82. The summed E-state index contributed by atoms with van der Waals surface area (Å²) >= 11 is 0. The molecule has 0 aromatic heterocycles. The van der Waals surface area contributed by atoms with Gasteiger partial charge < -0.3 is 21.7 Å². The van der Waals surface area contributed by atoms with Crippen molar-refractivity contribution in [2.45, 2.75) is 24.9 Å². The monoisotopic (exact) mass is 204 g/mol. The SMILES string of the molecule is NC(CC(=O)O)C(=O)C[C@@H](N)C(=O)O. The Morgan fingerprint density at radius 2 is 1.50 bits per heavy atom. The zero-order valence-corrected chi connectivity index (χ0v) is 7.34. The summed E-state index contributed by atoms with van der Waals surface area (Å²) < 4.78 is 0. The fraction of sp³-hybridized carbons (Fsp3) is 0.571. The van der Waals surface area contributed by atoms with Crippen LogP contribution in [0.4, 0.5) is 0 Å². The van der Waals surface area contributed by atoms with E-state index in [1.165, 1.54) is 0 Å². The third-order valence-corrected chi connectivity index (χ3v) is 1.55. The number of carboxylic acids is 2. The first-order chi connectivity index (χ1) is 6.34. The lowest BCUT2D eigenvalue weighted by atomic mass is 10.0. The molecule has 0 saturated heterocycles. The van der Waals surface area contributed by atoms with E-state index in [0.717, 1.165) is 0 Å². The highest BCUT2D eigenvalue weighted by atomic mass is 16.4. The number of carbonyl (C=O) groups excluding carboxylic acids is 1. The van der Waals surface area contributed by atoms with Gasteiger partial charge in [-0.05, 0) is 0 Å². The maximum atomic E-state index is 11.1. The predicted molar refractivity (Wildman–Crippen MR) is 45.5 cm³/mol. The second kappa shape index (κ2) is 5.30. The van der Waals surface area contributed by atoms with Crippen LogP contribution in [0.2, 0.25) is 0 Å². The fourth-order valence-corrected chi connectivity index (χ4v) is 0.757. The molecule has 0 rings (SSSR count). The Bertz CT molecular complexity index is 252. The number of carbonyl (C=O) groups is 3. The lowest BCUT2D eigenvalue weighted by Gasteiger charge is -2.09. The van der Waals surface area contributed by atoms with Crippen LogP contribution in [0.1, 0.15) is 12.8 Å². The average molecular weight is 204 g/mol. The molecule has 0 fully saturated rings. The molecular formula is C7H12N2O5. The minimum Gasteiger partial charge on any atom is -0.481 e. The van der Waals surface area contributed by atoms with Gasteiger partial charge in [0.25, 0.3) is 0 Å².